The van der Waals surface area contributed by atoms with Crippen LogP contribution in [0.1, 0.15) is 28.4 Å². The second-order valence-corrected chi connectivity index (χ2v) is 9.52. The molecule has 0 spiro atoms. The first-order valence-electron chi connectivity index (χ1n) is 11.8. The quantitative estimate of drug-likeness (QED) is 0.374. The van der Waals surface area contributed by atoms with Gasteiger partial charge in [0.1, 0.15) is 11.6 Å². The molecule has 3 aliphatic heterocycles. The lowest BCUT2D eigenvalue weighted by molar-refractivity contribution is -0.127. The average Bonchev–Trinajstić information content (AvgIpc) is 3.34. The molecule has 36 heavy (non-hydrogen) atoms. The second-order valence-electron chi connectivity index (χ2n) is 9.52. The number of carbonyl (C=O) groups is 2. The molecule has 1 aromatic carbocycles. The van der Waals surface area contributed by atoms with Gasteiger partial charge in [-0.15, -0.1) is 0 Å². The number of rotatable bonds is 4. The number of allylic oxidation sites excluding steroid dienone is 4. The van der Waals surface area contributed by atoms with E-state index in [9.17, 15) is 9.59 Å². The summed E-state index contributed by atoms with van der Waals surface area (Å²) in [6.45, 7) is 2.55. The second kappa shape index (κ2) is 8.26. The van der Waals surface area contributed by atoms with Gasteiger partial charge in [0, 0.05) is 23.6 Å². The number of aromatic nitrogens is 2. The number of piperazine rings is 1. The molecule has 0 bridgehead atoms. The van der Waals surface area contributed by atoms with Crippen molar-refractivity contribution in [2.45, 2.75) is 31.5 Å². The number of amides is 2. The van der Waals surface area contributed by atoms with E-state index in [0.29, 0.717) is 23.7 Å². The van der Waals surface area contributed by atoms with Crippen molar-refractivity contribution in [3.63, 3.8) is 0 Å². The number of nitrogens with one attached hydrogen (secondary N) is 3. The van der Waals surface area contributed by atoms with Gasteiger partial charge in [0.15, 0.2) is 18.0 Å². The van der Waals surface area contributed by atoms with Gasteiger partial charge in [0.25, 0.3) is 11.8 Å². The number of nitrogens with zero attached hydrogens (tertiary/aromatic N) is 2. The Bertz CT molecular complexity index is 1380. The summed E-state index contributed by atoms with van der Waals surface area (Å²) in [5, 5.41) is 12.9. The number of epoxide rings is 1. The third-order valence-electron chi connectivity index (χ3n) is 7.09. The molecular formula is C26H26N6O4. The molecule has 5 atom stereocenters. The van der Waals surface area contributed by atoms with Crippen molar-refractivity contribution in [3.05, 3.63) is 59.3 Å². The van der Waals surface area contributed by atoms with E-state index in [-0.39, 0.29) is 42.7 Å². The highest BCUT2D eigenvalue weighted by molar-refractivity contribution is 6.00. The van der Waals surface area contributed by atoms with Crippen LogP contribution in [0.4, 0.5) is 5.82 Å². The van der Waals surface area contributed by atoms with Crippen LogP contribution in [0.2, 0.25) is 0 Å². The fourth-order valence-corrected chi connectivity index (χ4v) is 4.94. The van der Waals surface area contributed by atoms with Crippen LogP contribution in [-0.2, 0) is 16.1 Å². The first kappa shape index (κ1) is 22.4. The standard InChI is InChI=1S/C26H26N6O4/c1-14-9-16(20-11-28-31-21(20)27)4-3-15(14)7-8-26(25(34)29-22-23(30-26)36-22)13-32-12-17-5-6-18(35-2)10-19(17)24(32)33/h3-6,9-11,14-15,22-23,30H,12-13H2,1-2H3,(H,29,34)(H3,27,28,31). The number of nitrogens with two attached hydrogens (primary N) is 1. The molecule has 4 heterocycles. The molecule has 10 nitrogen and oxygen atoms in total. The Kier molecular flexibility index (Phi) is 5.14. The van der Waals surface area contributed by atoms with Crippen LogP contribution in [0.3, 0.4) is 0 Å². The monoisotopic (exact) mass is 486 g/mol. The summed E-state index contributed by atoms with van der Waals surface area (Å²) in [4.78, 5) is 28.1. The van der Waals surface area contributed by atoms with Gasteiger partial charge in [-0.3, -0.25) is 20.0 Å². The highest BCUT2D eigenvalue weighted by Gasteiger charge is 2.56. The van der Waals surface area contributed by atoms with Crippen LogP contribution in [0, 0.1) is 23.7 Å². The Morgan fingerprint density at radius 2 is 2.17 bits per heavy atom. The highest BCUT2D eigenvalue weighted by atomic mass is 16.6. The van der Waals surface area contributed by atoms with Crippen LogP contribution in [-0.4, -0.2) is 58.6 Å². The number of H-pyrrole nitrogens is 1. The summed E-state index contributed by atoms with van der Waals surface area (Å²) >= 11 is 0. The molecule has 2 fully saturated rings. The Morgan fingerprint density at radius 3 is 2.92 bits per heavy atom. The van der Waals surface area contributed by atoms with Crippen molar-refractivity contribution < 1.29 is 19.1 Å². The van der Waals surface area contributed by atoms with Crippen LogP contribution in [0.15, 0.2) is 42.6 Å². The number of anilines is 1. The van der Waals surface area contributed by atoms with Crippen LogP contribution in [0.5, 0.6) is 5.75 Å². The number of aromatic amines is 1. The summed E-state index contributed by atoms with van der Waals surface area (Å²) in [7, 11) is 1.56. The molecule has 0 saturated carbocycles. The van der Waals surface area contributed by atoms with Gasteiger partial charge in [0.05, 0.1) is 19.9 Å². The van der Waals surface area contributed by atoms with Crippen molar-refractivity contribution in [1.29, 1.82) is 0 Å². The van der Waals surface area contributed by atoms with E-state index in [1.165, 1.54) is 0 Å². The molecule has 6 rings (SSSR count). The van der Waals surface area contributed by atoms with E-state index in [2.05, 4.69) is 45.7 Å². The Morgan fingerprint density at radius 1 is 1.31 bits per heavy atom. The van der Waals surface area contributed by atoms with Crippen molar-refractivity contribution in [2.24, 2.45) is 11.8 Å². The molecule has 10 heteroatoms. The maximum atomic E-state index is 13.3. The fraction of sp³-hybridized carbons (Fsp3) is 0.346. The summed E-state index contributed by atoms with van der Waals surface area (Å²) in [5.74, 6) is 7.11. The van der Waals surface area contributed by atoms with Gasteiger partial charge in [0.2, 0.25) is 0 Å². The minimum absolute atomic E-state index is 0.0746. The lowest BCUT2D eigenvalue weighted by Gasteiger charge is -2.34. The minimum atomic E-state index is -1.30. The zero-order valence-corrected chi connectivity index (χ0v) is 19.9. The van der Waals surface area contributed by atoms with E-state index < -0.39 is 5.54 Å². The Balaban J connectivity index is 1.26. The first-order valence-corrected chi connectivity index (χ1v) is 11.8. The van der Waals surface area contributed by atoms with Gasteiger partial charge in [-0.1, -0.05) is 43.1 Å². The van der Waals surface area contributed by atoms with E-state index >= 15 is 0 Å². The van der Waals surface area contributed by atoms with Crippen molar-refractivity contribution in [2.75, 3.05) is 19.4 Å². The maximum Gasteiger partial charge on any atom is 0.256 e. The normalized spacial score (nSPS) is 30.1. The van der Waals surface area contributed by atoms with E-state index in [1.54, 1.807) is 24.3 Å². The molecule has 184 valence electrons. The SMILES string of the molecule is COc1ccc2c(c1)C(=O)N(CC1(C#CC3C=CC(c4cn[nH]c4N)=CC3C)NC3OC3NC1=O)C2. The van der Waals surface area contributed by atoms with Gasteiger partial charge < -0.3 is 25.4 Å². The smallest absolute Gasteiger partial charge is 0.256 e. The zero-order valence-electron chi connectivity index (χ0n) is 19.9. The summed E-state index contributed by atoms with van der Waals surface area (Å²) in [6, 6.07) is 5.44. The van der Waals surface area contributed by atoms with Gasteiger partial charge >= 0.3 is 0 Å². The highest BCUT2D eigenvalue weighted by Crippen LogP contribution is 2.33. The average molecular weight is 487 g/mol. The lowest BCUT2D eigenvalue weighted by atomic mass is 9.85. The van der Waals surface area contributed by atoms with Crippen LogP contribution in [0.25, 0.3) is 5.57 Å². The number of hydrogen-bond acceptors (Lipinski definition) is 7. The number of ether oxygens (including phenoxy) is 2. The van der Waals surface area contributed by atoms with Gasteiger partial charge in [-0.05, 0) is 29.2 Å². The van der Waals surface area contributed by atoms with Gasteiger partial charge in [-0.25, -0.2) is 0 Å². The molecule has 2 amide bonds. The third kappa shape index (κ3) is 3.73. The number of benzene rings is 1. The number of nitrogen functional groups attached to an aromatic ring is 1. The minimum Gasteiger partial charge on any atom is -0.497 e. The molecular weight excluding hydrogens is 460 g/mol. The summed E-state index contributed by atoms with van der Waals surface area (Å²) in [6.07, 6.45) is 7.08. The molecule has 5 unspecified atom stereocenters. The summed E-state index contributed by atoms with van der Waals surface area (Å²) < 4.78 is 10.8. The topological polar surface area (TPSA) is 138 Å². The van der Waals surface area contributed by atoms with Crippen molar-refractivity contribution in [3.8, 4) is 17.6 Å². The predicted molar refractivity (Wildman–Crippen MR) is 131 cm³/mol. The van der Waals surface area contributed by atoms with E-state index in [0.717, 1.165) is 16.7 Å². The number of methoxy groups -OCH3 is 1. The predicted octanol–water partition coefficient (Wildman–Crippen LogP) is 1.01. The molecule has 1 aromatic heterocycles. The molecule has 2 saturated heterocycles. The zero-order chi connectivity index (χ0) is 25.0. The van der Waals surface area contributed by atoms with E-state index in [4.69, 9.17) is 15.2 Å². The molecule has 0 radical (unpaired) electrons. The largest absolute Gasteiger partial charge is 0.497 e. The van der Waals surface area contributed by atoms with E-state index in [1.807, 2.05) is 24.3 Å². The summed E-state index contributed by atoms with van der Waals surface area (Å²) in [5.41, 5.74) is 7.95. The molecule has 4 aliphatic rings. The van der Waals surface area contributed by atoms with Crippen molar-refractivity contribution in [1.82, 2.24) is 25.7 Å². The maximum absolute atomic E-state index is 13.3. The third-order valence-corrected chi connectivity index (χ3v) is 7.09. The number of hydrogen-bond donors (Lipinski definition) is 4. The Hall–Kier alpha value is -4.07. The van der Waals surface area contributed by atoms with Gasteiger partial charge in [-0.2, -0.15) is 5.10 Å². The first-order chi connectivity index (χ1) is 17.4. The van der Waals surface area contributed by atoms with Crippen molar-refractivity contribution >= 4 is 23.2 Å². The number of carbonyl (C=O) groups excluding carboxylic acids is 2. The molecule has 1 aliphatic carbocycles. The number of fused-ring (bicyclic) bond motifs is 2. The van der Waals surface area contributed by atoms with Crippen LogP contribution < -0.4 is 21.1 Å². The fourth-order valence-electron chi connectivity index (χ4n) is 4.94. The lowest BCUT2D eigenvalue weighted by Crippen LogP contribution is -2.67. The molecule has 2 aromatic rings. The Labute approximate surface area is 207 Å². The van der Waals surface area contributed by atoms with Crippen LogP contribution >= 0.6 is 0 Å². The molecule has 5 N–H and O–H groups in total.